The van der Waals surface area contributed by atoms with Gasteiger partial charge in [0.05, 0.1) is 19.8 Å². The second-order valence-electron chi connectivity index (χ2n) is 21.1. The summed E-state index contributed by atoms with van der Waals surface area (Å²) in [5.41, 5.74) is 0. The molecule has 404 valence electrons. The van der Waals surface area contributed by atoms with E-state index in [0.717, 1.165) is 90.4 Å². The van der Waals surface area contributed by atoms with Gasteiger partial charge in [0, 0.05) is 32.4 Å². The number of amides is 1. The highest BCUT2D eigenvalue weighted by Gasteiger charge is 2.16. The number of aliphatic hydroxyl groups excluding tert-OH is 1. The number of hydrogen-bond donors (Lipinski definition) is 1. The molecule has 2 unspecified atom stereocenters. The largest absolute Gasteiger partial charge is 0.465 e. The Hall–Kier alpha value is -1.67. The van der Waals surface area contributed by atoms with Gasteiger partial charge in [0.1, 0.15) is 0 Å². The van der Waals surface area contributed by atoms with Crippen LogP contribution >= 0.6 is 0 Å². The summed E-state index contributed by atoms with van der Waals surface area (Å²) in [5.74, 6) is 1.10. The summed E-state index contributed by atoms with van der Waals surface area (Å²) in [4.78, 5) is 43.4. The highest BCUT2D eigenvalue weighted by molar-refractivity contribution is 5.76. The SMILES string of the molecule is CCCCCCCCCN(CCO)C(=O)CCCCN(CCCCCC(=O)OCC(CCCCCC)CCCCCCCC)CCCCCC(=O)OCC(CCCCCC)CCCCCCCC. The van der Waals surface area contributed by atoms with Crippen molar-refractivity contribution in [2.75, 3.05) is 52.5 Å². The van der Waals surface area contributed by atoms with Crippen LogP contribution in [0.3, 0.4) is 0 Å². The zero-order valence-electron chi connectivity index (χ0n) is 46.4. The third kappa shape index (κ3) is 45.5. The van der Waals surface area contributed by atoms with Crippen molar-refractivity contribution in [2.45, 2.75) is 304 Å². The molecule has 0 saturated carbocycles. The van der Waals surface area contributed by atoms with Gasteiger partial charge in [-0.3, -0.25) is 14.4 Å². The van der Waals surface area contributed by atoms with Crippen LogP contribution in [0.4, 0.5) is 0 Å². The summed E-state index contributed by atoms with van der Waals surface area (Å²) >= 11 is 0. The van der Waals surface area contributed by atoms with Gasteiger partial charge in [-0.1, -0.05) is 214 Å². The van der Waals surface area contributed by atoms with Gasteiger partial charge in [-0.25, -0.2) is 0 Å². The van der Waals surface area contributed by atoms with E-state index in [1.807, 2.05) is 4.90 Å². The van der Waals surface area contributed by atoms with E-state index in [-0.39, 0.29) is 24.5 Å². The minimum absolute atomic E-state index is 0.0171. The lowest BCUT2D eigenvalue weighted by atomic mass is 9.95. The van der Waals surface area contributed by atoms with Gasteiger partial charge in [0.25, 0.3) is 0 Å². The first-order valence-electron chi connectivity index (χ1n) is 30.3. The van der Waals surface area contributed by atoms with Crippen molar-refractivity contribution in [2.24, 2.45) is 11.8 Å². The fourth-order valence-electron chi connectivity index (χ4n) is 9.74. The molecule has 0 saturated heterocycles. The number of aliphatic hydroxyl groups is 1. The number of rotatable bonds is 55. The number of carbonyl (C=O) groups is 3. The lowest BCUT2D eigenvalue weighted by Crippen LogP contribution is -2.34. The highest BCUT2D eigenvalue weighted by Crippen LogP contribution is 2.22. The Labute approximate surface area is 423 Å². The minimum Gasteiger partial charge on any atom is -0.465 e. The van der Waals surface area contributed by atoms with E-state index < -0.39 is 0 Å². The van der Waals surface area contributed by atoms with Gasteiger partial charge in [0.15, 0.2) is 0 Å². The Kier molecular flexibility index (Phi) is 51.8. The smallest absolute Gasteiger partial charge is 0.305 e. The molecule has 0 bridgehead atoms. The van der Waals surface area contributed by atoms with Crippen LogP contribution < -0.4 is 0 Å². The zero-order valence-corrected chi connectivity index (χ0v) is 46.4. The van der Waals surface area contributed by atoms with Gasteiger partial charge >= 0.3 is 11.9 Å². The molecule has 0 spiro atoms. The molecule has 0 aromatic rings. The van der Waals surface area contributed by atoms with Crippen molar-refractivity contribution >= 4 is 17.8 Å². The molecule has 8 heteroatoms. The second-order valence-corrected chi connectivity index (χ2v) is 21.1. The summed E-state index contributed by atoms with van der Waals surface area (Å²) in [7, 11) is 0. The average Bonchev–Trinajstić information content (AvgIpc) is 3.34. The molecule has 1 amide bonds. The van der Waals surface area contributed by atoms with Crippen LogP contribution in [0.5, 0.6) is 0 Å². The van der Waals surface area contributed by atoms with Gasteiger partial charge in [-0.15, -0.1) is 0 Å². The molecule has 0 fully saturated rings. The summed E-state index contributed by atoms with van der Waals surface area (Å²) in [5, 5.41) is 9.68. The summed E-state index contributed by atoms with van der Waals surface area (Å²) in [6.45, 7) is 16.6. The maximum Gasteiger partial charge on any atom is 0.305 e. The number of nitrogens with zero attached hydrogens (tertiary/aromatic N) is 2. The monoisotopic (exact) mass is 963 g/mol. The molecular formula is C60H118N2O6. The maximum atomic E-state index is 13.2. The molecule has 2 atom stereocenters. The normalized spacial score (nSPS) is 12.5. The van der Waals surface area contributed by atoms with Crippen LogP contribution in [0.15, 0.2) is 0 Å². The maximum absolute atomic E-state index is 13.2. The standard InChI is InChI=1S/C60H118N2O6/c1-6-11-16-21-24-27-39-51-62(52-53-63)58(64)45-36-40-50-61(48-37-28-34-46-59(65)67-54-56(41-30-19-14-9-4)43-32-25-22-17-12-7-2)49-38-29-35-47-60(66)68-55-57(42-31-20-15-10-5)44-33-26-23-18-13-8-3/h56-57,63H,6-55H2,1-5H3. The van der Waals surface area contributed by atoms with Gasteiger partial charge in [-0.2, -0.15) is 0 Å². The van der Waals surface area contributed by atoms with Crippen LogP contribution in [-0.4, -0.2) is 85.3 Å². The third-order valence-electron chi connectivity index (χ3n) is 14.4. The Bertz CT molecular complexity index is 1010. The predicted molar refractivity (Wildman–Crippen MR) is 291 cm³/mol. The zero-order chi connectivity index (χ0) is 49.8. The highest BCUT2D eigenvalue weighted by atomic mass is 16.5. The minimum atomic E-state index is -0.0333. The molecule has 8 nitrogen and oxygen atoms in total. The molecule has 0 aliphatic heterocycles. The Balaban J connectivity index is 5.03. The van der Waals surface area contributed by atoms with E-state index >= 15 is 0 Å². The lowest BCUT2D eigenvalue weighted by molar-refractivity contribution is -0.146. The number of esters is 2. The number of ether oxygens (including phenoxy) is 2. The average molecular weight is 964 g/mol. The topological polar surface area (TPSA) is 96.4 Å². The molecule has 0 rings (SSSR count). The fourth-order valence-corrected chi connectivity index (χ4v) is 9.74. The van der Waals surface area contributed by atoms with E-state index in [1.54, 1.807) is 0 Å². The van der Waals surface area contributed by atoms with Crippen LogP contribution in [0, 0.1) is 11.8 Å². The van der Waals surface area contributed by atoms with Crippen molar-refractivity contribution in [1.29, 1.82) is 0 Å². The molecule has 0 aliphatic carbocycles. The Morgan fingerprint density at radius 2 is 0.647 bits per heavy atom. The quantitative estimate of drug-likeness (QED) is 0.0479. The van der Waals surface area contributed by atoms with Crippen LogP contribution in [0.25, 0.3) is 0 Å². The third-order valence-corrected chi connectivity index (χ3v) is 14.4. The molecule has 0 aromatic carbocycles. The number of hydrogen-bond acceptors (Lipinski definition) is 7. The Morgan fingerprint density at radius 1 is 0.353 bits per heavy atom. The summed E-state index contributed by atoms with van der Waals surface area (Å²) in [6.07, 6.45) is 48.2. The van der Waals surface area contributed by atoms with Crippen LogP contribution in [0.2, 0.25) is 0 Å². The predicted octanol–water partition coefficient (Wildman–Crippen LogP) is 16.9. The summed E-state index contributed by atoms with van der Waals surface area (Å²) < 4.78 is 11.8. The molecule has 1 N–H and O–H groups in total. The van der Waals surface area contributed by atoms with Crippen molar-refractivity contribution in [1.82, 2.24) is 9.80 Å². The van der Waals surface area contributed by atoms with Crippen molar-refractivity contribution in [3.05, 3.63) is 0 Å². The van der Waals surface area contributed by atoms with Crippen LogP contribution in [0.1, 0.15) is 304 Å². The van der Waals surface area contributed by atoms with E-state index in [0.29, 0.717) is 50.9 Å². The molecule has 68 heavy (non-hydrogen) atoms. The first kappa shape index (κ1) is 66.3. The second kappa shape index (κ2) is 53.1. The van der Waals surface area contributed by atoms with Crippen molar-refractivity contribution < 1.29 is 29.0 Å². The van der Waals surface area contributed by atoms with Crippen LogP contribution in [-0.2, 0) is 23.9 Å². The van der Waals surface area contributed by atoms with Gasteiger partial charge < -0.3 is 24.4 Å². The molecule has 0 aromatic heterocycles. The van der Waals surface area contributed by atoms with E-state index in [1.165, 1.54) is 186 Å². The Morgan fingerprint density at radius 3 is 1.03 bits per heavy atom. The van der Waals surface area contributed by atoms with Crippen molar-refractivity contribution in [3.63, 3.8) is 0 Å². The molecular weight excluding hydrogens is 845 g/mol. The van der Waals surface area contributed by atoms with E-state index in [2.05, 4.69) is 39.5 Å². The first-order valence-corrected chi connectivity index (χ1v) is 30.3. The van der Waals surface area contributed by atoms with Gasteiger partial charge in [0.2, 0.25) is 5.91 Å². The lowest BCUT2D eigenvalue weighted by Gasteiger charge is -2.24. The number of carbonyl (C=O) groups excluding carboxylic acids is 3. The first-order chi connectivity index (χ1) is 33.3. The van der Waals surface area contributed by atoms with E-state index in [9.17, 15) is 19.5 Å². The molecule has 0 heterocycles. The molecule has 0 aliphatic rings. The van der Waals surface area contributed by atoms with Gasteiger partial charge in [-0.05, 0) is 102 Å². The van der Waals surface area contributed by atoms with E-state index in [4.69, 9.17) is 9.47 Å². The fraction of sp³-hybridized carbons (Fsp3) is 0.950. The summed E-state index contributed by atoms with van der Waals surface area (Å²) in [6, 6.07) is 0. The molecule has 0 radical (unpaired) electrons. The van der Waals surface area contributed by atoms with Crippen molar-refractivity contribution in [3.8, 4) is 0 Å². The number of unbranched alkanes of at least 4 members (excludes halogenated alkanes) is 27.